The van der Waals surface area contributed by atoms with Crippen molar-refractivity contribution < 1.29 is 13.2 Å². The molecule has 16 heavy (non-hydrogen) atoms. The second-order valence-corrected chi connectivity index (χ2v) is 7.12. The minimum Gasteiger partial charge on any atom is -0.293 e. The first-order valence-electron chi connectivity index (χ1n) is 4.83. The van der Waals surface area contributed by atoms with Gasteiger partial charge >= 0.3 is 0 Å². The molecule has 1 spiro atoms. The lowest BCUT2D eigenvalue weighted by Crippen LogP contribution is -2.14. The zero-order chi connectivity index (χ0) is 11.6. The predicted molar refractivity (Wildman–Crippen MR) is 60.0 cm³/mol. The molecule has 0 bridgehead atoms. The number of ketones is 1. The van der Waals surface area contributed by atoms with Crippen LogP contribution in [0.15, 0.2) is 28.0 Å². The molecule has 1 aliphatic heterocycles. The van der Waals surface area contributed by atoms with E-state index < -0.39 is 10.0 Å². The molecule has 2 aliphatic rings. The number of rotatable bonds is 1. The summed E-state index contributed by atoms with van der Waals surface area (Å²) in [5.74, 6) is 0.0537. The van der Waals surface area contributed by atoms with Gasteiger partial charge in [0.1, 0.15) is 0 Å². The van der Waals surface area contributed by atoms with Crippen LogP contribution in [0.4, 0.5) is 0 Å². The molecule has 0 unspecified atom stereocenters. The number of carbonyl (C=O) groups is 1. The van der Waals surface area contributed by atoms with Crippen LogP contribution in [-0.4, -0.2) is 18.9 Å². The molecule has 6 heteroatoms. The van der Waals surface area contributed by atoms with Gasteiger partial charge in [0, 0.05) is 10.5 Å². The number of benzene rings is 1. The highest BCUT2D eigenvalue weighted by molar-refractivity contribution is 8.02. The number of Topliss-reactive ketones (excluding diaryl/α,β-unsaturated/α-hetero) is 1. The van der Waals surface area contributed by atoms with Crippen molar-refractivity contribution in [3.8, 4) is 0 Å². The number of fused-ring (bicyclic) bond motifs is 1. The van der Waals surface area contributed by atoms with Crippen LogP contribution in [0.1, 0.15) is 23.2 Å². The average molecular weight is 255 g/mol. The van der Waals surface area contributed by atoms with Crippen molar-refractivity contribution >= 4 is 27.6 Å². The molecule has 4 nitrogen and oxygen atoms in total. The number of hydrogen-bond donors (Lipinski definition) is 1. The molecular weight excluding hydrogens is 246 g/mol. The maximum Gasteiger partial charge on any atom is 0.238 e. The lowest BCUT2D eigenvalue weighted by Gasteiger charge is -2.00. The van der Waals surface area contributed by atoms with E-state index in [2.05, 4.69) is 0 Å². The quantitative estimate of drug-likeness (QED) is 0.816. The normalized spacial score (nSPS) is 21.2. The molecule has 1 fully saturated rings. The summed E-state index contributed by atoms with van der Waals surface area (Å²) in [5.41, 5.74) is 0.508. The molecule has 0 amide bonds. The lowest BCUT2D eigenvalue weighted by molar-refractivity contribution is 0.0983. The monoisotopic (exact) mass is 255 g/mol. The maximum atomic E-state index is 12.0. The minimum absolute atomic E-state index is 0.0119. The number of sulfonamides is 1. The first-order chi connectivity index (χ1) is 7.42. The second-order valence-electron chi connectivity index (χ2n) is 4.13. The van der Waals surface area contributed by atoms with Gasteiger partial charge in [0.25, 0.3) is 0 Å². The summed E-state index contributed by atoms with van der Waals surface area (Å²) in [4.78, 5) is 12.9. The third-order valence-corrected chi connectivity index (χ3v) is 5.42. The summed E-state index contributed by atoms with van der Waals surface area (Å²) in [7, 11) is -3.73. The van der Waals surface area contributed by atoms with E-state index in [1.165, 1.54) is 12.1 Å². The Hall–Kier alpha value is -0.850. The van der Waals surface area contributed by atoms with Crippen LogP contribution in [-0.2, 0) is 10.0 Å². The van der Waals surface area contributed by atoms with E-state index in [4.69, 9.17) is 5.14 Å². The number of thioether (sulfide) groups is 1. The molecule has 0 atom stereocenters. The Labute approximate surface area is 97.3 Å². The largest absolute Gasteiger partial charge is 0.293 e. The van der Waals surface area contributed by atoms with Gasteiger partial charge in [0.05, 0.1) is 9.64 Å². The fraction of sp³-hybridized carbons (Fsp3) is 0.300. The van der Waals surface area contributed by atoms with E-state index >= 15 is 0 Å². The molecule has 1 aromatic rings. The van der Waals surface area contributed by atoms with Gasteiger partial charge in [-0.25, -0.2) is 13.6 Å². The van der Waals surface area contributed by atoms with E-state index in [-0.39, 0.29) is 15.4 Å². The van der Waals surface area contributed by atoms with E-state index in [1.54, 1.807) is 17.8 Å². The Morgan fingerprint density at radius 2 is 2.00 bits per heavy atom. The summed E-state index contributed by atoms with van der Waals surface area (Å²) in [6.45, 7) is 0. The highest BCUT2D eigenvalue weighted by Gasteiger charge is 2.55. The number of hydrogen-bond acceptors (Lipinski definition) is 4. The molecule has 3 rings (SSSR count). The van der Waals surface area contributed by atoms with Gasteiger partial charge in [-0.3, -0.25) is 4.79 Å². The summed E-state index contributed by atoms with van der Waals surface area (Å²) >= 11 is 1.55. The van der Waals surface area contributed by atoms with Crippen LogP contribution in [0.3, 0.4) is 0 Å². The number of primary sulfonamides is 1. The molecule has 0 radical (unpaired) electrons. The Kier molecular flexibility index (Phi) is 1.86. The van der Waals surface area contributed by atoms with Gasteiger partial charge in [-0.2, -0.15) is 0 Å². The lowest BCUT2D eigenvalue weighted by atomic mass is 10.1. The SMILES string of the molecule is NS(=O)(=O)c1ccc2c(c1)C(=O)C1(CC1)S2. The molecule has 1 saturated carbocycles. The van der Waals surface area contributed by atoms with Gasteiger partial charge in [-0.1, -0.05) is 0 Å². The predicted octanol–water partition coefficient (Wildman–Crippen LogP) is 1.16. The van der Waals surface area contributed by atoms with Crippen molar-refractivity contribution in [1.29, 1.82) is 0 Å². The third-order valence-electron chi connectivity index (χ3n) is 2.95. The van der Waals surface area contributed by atoms with Crippen molar-refractivity contribution in [2.75, 3.05) is 0 Å². The highest BCUT2D eigenvalue weighted by atomic mass is 32.2. The zero-order valence-electron chi connectivity index (χ0n) is 8.26. The molecular formula is C10H9NO3S2. The van der Waals surface area contributed by atoms with E-state index in [0.29, 0.717) is 5.56 Å². The molecule has 0 aromatic heterocycles. The number of nitrogens with two attached hydrogens (primary N) is 1. The van der Waals surface area contributed by atoms with E-state index in [0.717, 1.165) is 17.7 Å². The molecule has 1 heterocycles. The molecule has 84 valence electrons. The Balaban J connectivity index is 2.15. The van der Waals surface area contributed by atoms with Crippen LogP contribution < -0.4 is 5.14 Å². The van der Waals surface area contributed by atoms with Crippen LogP contribution in [0.25, 0.3) is 0 Å². The van der Waals surface area contributed by atoms with Crippen molar-refractivity contribution in [3.05, 3.63) is 23.8 Å². The maximum absolute atomic E-state index is 12.0. The van der Waals surface area contributed by atoms with Crippen molar-refractivity contribution in [2.45, 2.75) is 27.4 Å². The Morgan fingerprint density at radius 3 is 2.56 bits per heavy atom. The highest BCUT2D eigenvalue weighted by Crippen LogP contribution is 2.59. The smallest absolute Gasteiger partial charge is 0.238 e. The Morgan fingerprint density at radius 1 is 1.31 bits per heavy atom. The first kappa shape index (κ1) is 10.3. The van der Waals surface area contributed by atoms with Gasteiger partial charge in [-0.15, -0.1) is 11.8 Å². The minimum atomic E-state index is -3.73. The molecule has 1 aromatic carbocycles. The van der Waals surface area contributed by atoms with Crippen LogP contribution in [0.5, 0.6) is 0 Å². The van der Waals surface area contributed by atoms with Gasteiger partial charge in [0.15, 0.2) is 5.78 Å². The summed E-state index contributed by atoms with van der Waals surface area (Å²) in [6.07, 6.45) is 1.77. The van der Waals surface area contributed by atoms with Gasteiger partial charge < -0.3 is 0 Å². The molecule has 1 aliphatic carbocycles. The summed E-state index contributed by atoms with van der Waals surface area (Å²) < 4.78 is 22.1. The first-order valence-corrected chi connectivity index (χ1v) is 7.19. The van der Waals surface area contributed by atoms with Crippen molar-refractivity contribution in [1.82, 2.24) is 0 Å². The van der Waals surface area contributed by atoms with Gasteiger partial charge in [0.2, 0.25) is 10.0 Å². The third kappa shape index (κ3) is 1.33. The number of carbonyl (C=O) groups excluding carboxylic acids is 1. The fourth-order valence-corrected chi connectivity index (χ4v) is 3.76. The zero-order valence-corrected chi connectivity index (χ0v) is 9.90. The van der Waals surface area contributed by atoms with E-state index in [1.807, 2.05) is 0 Å². The molecule has 0 saturated heterocycles. The van der Waals surface area contributed by atoms with Crippen LogP contribution in [0.2, 0.25) is 0 Å². The van der Waals surface area contributed by atoms with Crippen LogP contribution >= 0.6 is 11.8 Å². The Bertz CT molecular complexity index is 602. The average Bonchev–Trinajstić information content (AvgIpc) is 2.90. The van der Waals surface area contributed by atoms with Crippen molar-refractivity contribution in [2.24, 2.45) is 5.14 Å². The van der Waals surface area contributed by atoms with Crippen LogP contribution in [0, 0.1) is 0 Å². The second kappa shape index (κ2) is 2.88. The standard InChI is InChI=1S/C10H9NO3S2/c11-16(13,14)6-1-2-8-7(5-6)9(12)10(15-8)3-4-10/h1-2,5H,3-4H2,(H2,11,13,14). The molecule has 2 N–H and O–H groups in total. The topological polar surface area (TPSA) is 77.2 Å². The fourth-order valence-electron chi connectivity index (χ4n) is 1.90. The van der Waals surface area contributed by atoms with Crippen molar-refractivity contribution in [3.63, 3.8) is 0 Å². The summed E-state index contributed by atoms with van der Waals surface area (Å²) in [5, 5.41) is 5.03. The summed E-state index contributed by atoms with van der Waals surface area (Å²) in [6, 6.07) is 4.52. The van der Waals surface area contributed by atoms with E-state index in [9.17, 15) is 13.2 Å². The van der Waals surface area contributed by atoms with Gasteiger partial charge in [-0.05, 0) is 31.0 Å².